The van der Waals surface area contributed by atoms with E-state index >= 15 is 0 Å². The van der Waals surface area contributed by atoms with Gasteiger partial charge in [-0.2, -0.15) is 6.42 Å². The fourth-order valence-corrected chi connectivity index (χ4v) is 2.84. The minimum absolute atomic E-state index is 0. The maximum absolute atomic E-state index is 3.82. The molecule has 0 unspecified atom stereocenters. The molecule has 0 aromatic heterocycles. The van der Waals surface area contributed by atoms with Crippen molar-refractivity contribution in [2.45, 2.75) is 103 Å². The largest absolute Gasteiger partial charge is 2.00 e. The van der Waals surface area contributed by atoms with E-state index in [9.17, 15) is 0 Å². The molecule has 0 atom stereocenters. The first-order chi connectivity index (χ1) is 11.3. The number of alkyl halides is 1. The number of halogens is 2. The molecule has 3 heteroatoms. The first kappa shape index (κ1) is 33.8. The average Bonchev–Trinajstić information content (AvgIpc) is 2.57. The van der Waals surface area contributed by atoms with Gasteiger partial charge in [0.1, 0.15) is 0 Å². The van der Waals surface area contributed by atoms with E-state index in [2.05, 4.69) is 36.0 Å². The van der Waals surface area contributed by atoms with Crippen LogP contribution in [0.4, 0.5) is 0 Å². The molecule has 0 saturated heterocycles. The van der Waals surface area contributed by atoms with Crippen molar-refractivity contribution in [1.29, 1.82) is 0 Å². The second-order valence-corrected chi connectivity index (χ2v) is 7.09. The third-order valence-corrected chi connectivity index (χ3v) is 4.51. The Hall–Kier alpha value is 1.21. The molecule has 0 N–H and O–H groups in total. The van der Waals surface area contributed by atoms with Gasteiger partial charge in [-0.3, -0.25) is 0 Å². The Bertz CT molecular complexity index is 220. The zero-order valence-corrected chi connectivity index (χ0v) is 21.3. The average molecular weight is 491 g/mol. The molecule has 0 aliphatic rings. The van der Waals surface area contributed by atoms with Crippen LogP contribution in [0.3, 0.4) is 0 Å². The third-order valence-electron chi connectivity index (χ3n) is 3.95. The number of unbranched alkanes of at least 4 members (excludes halogenated alkanes) is 14. The van der Waals surface area contributed by atoms with Gasteiger partial charge in [-0.25, -0.2) is 0 Å². The number of allylic oxidation sites excluding steroid dienone is 2. The van der Waals surface area contributed by atoms with Gasteiger partial charge < -0.3 is 23.9 Å². The van der Waals surface area contributed by atoms with E-state index in [1.54, 1.807) is 0 Å². The molecule has 0 spiro atoms. The van der Waals surface area contributed by atoms with E-state index in [-0.39, 0.29) is 40.0 Å². The molecule has 0 aromatic rings. The Morgan fingerprint density at radius 3 is 1.24 bits per heavy atom. The van der Waals surface area contributed by atoms with Gasteiger partial charge in [-0.05, 0) is 32.1 Å². The fraction of sp³-hybridized carbons (Fsp3) is 0.773. The van der Waals surface area contributed by atoms with Crippen LogP contribution in [-0.2, 0) is 0 Å². The minimum atomic E-state index is 0. The molecule has 0 nitrogen and oxygen atoms in total. The molecule has 0 amide bonds. The topological polar surface area (TPSA) is 0 Å². The van der Waals surface area contributed by atoms with Crippen molar-refractivity contribution < 1.29 is 17.0 Å². The maximum atomic E-state index is 3.82. The van der Waals surface area contributed by atoms with Gasteiger partial charge >= 0.3 is 23.1 Å². The number of hydrogen-bond acceptors (Lipinski definition) is 0. The minimum Gasteiger partial charge on any atom is -1.00 e. The summed E-state index contributed by atoms with van der Waals surface area (Å²) in [4.78, 5) is 0. The van der Waals surface area contributed by atoms with E-state index in [0.29, 0.717) is 0 Å². The van der Waals surface area contributed by atoms with Gasteiger partial charge in [0.05, 0.1) is 0 Å². The first-order valence-corrected chi connectivity index (χ1v) is 11.0. The molecule has 146 valence electrons. The third kappa shape index (κ3) is 41.0. The molecule has 0 fully saturated rings. The van der Waals surface area contributed by atoms with Gasteiger partial charge in [-0.15, -0.1) is 13.2 Å². The molecular weight excluding hydrogens is 448 g/mol. The predicted molar refractivity (Wildman–Crippen MR) is 119 cm³/mol. The van der Waals surface area contributed by atoms with Crippen LogP contribution in [0.2, 0.25) is 0 Å². The predicted octanol–water partition coefficient (Wildman–Crippen LogP) is 5.44. The molecule has 0 aliphatic heterocycles. The van der Waals surface area contributed by atoms with Crippen molar-refractivity contribution >= 4 is 39.0 Å². The Morgan fingerprint density at radius 2 is 0.920 bits per heavy atom. The van der Waals surface area contributed by atoms with Crippen LogP contribution < -0.4 is 17.0 Å². The SMILES string of the molecule is C=CCCCCCCCCCBr.C=CCCCCCCCC[CH2-].[Br-].[Mg+2]. The summed E-state index contributed by atoms with van der Waals surface area (Å²) in [5.74, 6) is 0. The molecule has 25 heavy (non-hydrogen) atoms. The summed E-state index contributed by atoms with van der Waals surface area (Å²) in [7, 11) is 0. The second kappa shape index (κ2) is 36.2. The molecule has 0 saturated carbocycles. The molecule has 0 radical (unpaired) electrons. The molecule has 0 bridgehead atoms. The van der Waals surface area contributed by atoms with E-state index < -0.39 is 0 Å². The zero-order valence-electron chi connectivity index (χ0n) is 16.8. The van der Waals surface area contributed by atoms with Crippen LogP contribution in [0.15, 0.2) is 25.3 Å². The van der Waals surface area contributed by atoms with E-state index in [1.807, 2.05) is 12.2 Å². The van der Waals surface area contributed by atoms with Crippen molar-refractivity contribution in [2.75, 3.05) is 5.33 Å². The van der Waals surface area contributed by atoms with Crippen LogP contribution in [0.1, 0.15) is 103 Å². The molecule has 0 aliphatic carbocycles. The van der Waals surface area contributed by atoms with Crippen LogP contribution in [0.5, 0.6) is 0 Å². The Labute approximate surface area is 195 Å². The van der Waals surface area contributed by atoms with Crippen molar-refractivity contribution in [3.8, 4) is 0 Å². The van der Waals surface area contributed by atoms with Crippen LogP contribution in [0.25, 0.3) is 0 Å². The summed E-state index contributed by atoms with van der Waals surface area (Å²) >= 11 is 3.44. The summed E-state index contributed by atoms with van der Waals surface area (Å²) in [5, 5.41) is 1.17. The van der Waals surface area contributed by atoms with Crippen molar-refractivity contribution in [2.24, 2.45) is 0 Å². The van der Waals surface area contributed by atoms with Crippen LogP contribution in [0, 0.1) is 6.92 Å². The van der Waals surface area contributed by atoms with Gasteiger partial charge in [-0.1, -0.05) is 92.3 Å². The van der Waals surface area contributed by atoms with Crippen molar-refractivity contribution in [1.82, 2.24) is 0 Å². The zero-order chi connectivity index (χ0) is 17.4. The fourth-order valence-electron chi connectivity index (χ4n) is 2.44. The van der Waals surface area contributed by atoms with Crippen molar-refractivity contribution in [3.05, 3.63) is 32.2 Å². The molecule has 0 aromatic carbocycles. The number of hydrogen-bond donors (Lipinski definition) is 0. The van der Waals surface area contributed by atoms with Crippen molar-refractivity contribution in [3.63, 3.8) is 0 Å². The summed E-state index contributed by atoms with van der Waals surface area (Å²) in [5.41, 5.74) is 0. The second-order valence-electron chi connectivity index (χ2n) is 6.29. The summed E-state index contributed by atoms with van der Waals surface area (Å²) in [6.07, 6.45) is 25.4. The Morgan fingerprint density at radius 1 is 0.600 bits per heavy atom. The van der Waals surface area contributed by atoms with Crippen LogP contribution >= 0.6 is 15.9 Å². The van der Waals surface area contributed by atoms with Gasteiger partial charge in [0.25, 0.3) is 0 Å². The smallest absolute Gasteiger partial charge is 1.00 e. The van der Waals surface area contributed by atoms with Gasteiger partial charge in [0, 0.05) is 5.33 Å². The number of rotatable bonds is 17. The summed E-state index contributed by atoms with van der Waals surface area (Å²) < 4.78 is 0. The van der Waals surface area contributed by atoms with Gasteiger partial charge in [0.2, 0.25) is 0 Å². The monoisotopic (exact) mass is 488 g/mol. The van der Waals surface area contributed by atoms with Crippen LogP contribution in [-0.4, -0.2) is 28.4 Å². The maximum Gasteiger partial charge on any atom is 2.00 e. The molecule has 0 rings (SSSR count). The standard InChI is InChI=1S/C11H21Br.C11H21.BrH.Mg/c1-2-3-4-5-6-7-8-9-10-11-12;1-3-5-7-9-11-10-8-6-4-2;;/h2H,1,3-11H2;3H,1-2,4-11H2;1H;/q;-1;;+2/p-1. The summed E-state index contributed by atoms with van der Waals surface area (Å²) in [6.45, 7) is 11.2. The van der Waals surface area contributed by atoms with Gasteiger partial charge in [0.15, 0.2) is 0 Å². The molecule has 0 heterocycles. The molecular formula is C22H42Br2Mg. The van der Waals surface area contributed by atoms with E-state index in [1.165, 1.54) is 102 Å². The first-order valence-electron chi connectivity index (χ1n) is 9.90. The quantitative estimate of drug-likeness (QED) is 0.0838. The summed E-state index contributed by atoms with van der Waals surface area (Å²) in [6, 6.07) is 0. The normalized spacial score (nSPS) is 9.20. The Balaban J connectivity index is -0.000000164. The Kier molecular flexibility index (Phi) is 48.9. The van der Waals surface area contributed by atoms with E-state index in [0.717, 1.165) is 6.42 Å². The van der Waals surface area contributed by atoms with E-state index in [4.69, 9.17) is 0 Å².